The molecule has 3 aromatic carbocycles. The van der Waals surface area contributed by atoms with Crippen LogP contribution in [0.25, 0.3) is 11.1 Å². The van der Waals surface area contributed by atoms with Crippen molar-refractivity contribution in [1.82, 2.24) is 10.6 Å². The summed E-state index contributed by atoms with van der Waals surface area (Å²) in [6.07, 6.45) is 0.699. The Morgan fingerprint density at radius 1 is 0.550 bits per heavy atom. The fraction of sp³-hybridized carbons (Fsp3) is 0.353. The van der Waals surface area contributed by atoms with Gasteiger partial charge in [-0.25, -0.2) is 0 Å². The summed E-state index contributed by atoms with van der Waals surface area (Å²) in [7, 11) is 6.61. The summed E-state index contributed by atoms with van der Waals surface area (Å²) in [5.74, 6) is 0. The van der Waals surface area contributed by atoms with E-state index in [1.807, 2.05) is 36.4 Å². The van der Waals surface area contributed by atoms with E-state index >= 15 is 0 Å². The van der Waals surface area contributed by atoms with E-state index in [0.717, 1.165) is 22.3 Å². The van der Waals surface area contributed by atoms with E-state index in [2.05, 4.69) is 72.3 Å². The van der Waals surface area contributed by atoms with Crippen molar-refractivity contribution in [1.29, 1.82) is 0 Å². The van der Waals surface area contributed by atoms with Gasteiger partial charge < -0.3 is 29.6 Å². The maximum absolute atomic E-state index is 5.49. The van der Waals surface area contributed by atoms with Gasteiger partial charge in [-0.05, 0) is 46.2 Å². The molecule has 0 aliphatic carbocycles. The highest BCUT2D eigenvalue weighted by atomic mass is 16.7. The van der Waals surface area contributed by atoms with E-state index in [4.69, 9.17) is 18.9 Å². The summed E-state index contributed by atoms with van der Waals surface area (Å²) in [6, 6.07) is 29.1. The van der Waals surface area contributed by atoms with E-state index in [1.54, 1.807) is 28.4 Å². The van der Waals surface area contributed by atoms with Crippen LogP contribution in [0, 0.1) is 0 Å². The Morgan fingerprint density at radius 3 is 1.20 bits per heavy atom. The van der Waals surface area contributed by atoms with Crippen LogP contribution in [-0.2, 0) is 18.9 Å². The van der Waals surface area contributed by atoms with Crippen LogP contribution < -0.4 is 10.6 Å². The summed E-state index contributed by atoms with van der Waals surface area (Å²) >= 11 is 0. The molecule has 2 N–H and O–H groups in total. The quantitative estimate of drug-likeness (QED) is 0.181. The average Bonchev–Trinajstić information content (AvgIpc) is 3.01. The molecule has 0 saturated carbocycles. The molecule has 0 aliphatic heterocycles. The third-order valence-corrected chi connectivity index (χ3v) is 7.13. The van der Waals surface area contributed by atoms with Gasteiger partial charge in [0.05, 0.1) is 0 Å². The highest BCUT2D eigenvalue weighted by Gasteiger charge is 2.24. The van der Waals surface area contributed by atoms with Gasteiger partial charge in [-0.15, -0.1) is 0 Å². The van der Waals surface area contributed by atoms with Crippen molar-refractivity contribution in [3.8, 4) is 0 Å². The zero-order chi connectivity index (χ0) is 28.7. The standard InChI is InChI=1S/C34H44N2O4/c1-25(27-15-9-7-10-16-27)21-31(35-23-33(37-3)38-4)29-19-13-14-20-30(29)32(36-24-34(39-5)40-6)22-26(2)28-17-11-8-12-18-28/h7-20,31-36H,1-2,21-24H2,3-6H3. The zero-order valence-electron chi connectivity index (χ0n) is 24.3. The minimum Gasteiger partial charge on any atom is -0.355 e. The molecule has 0 aliphatic rings. The molecule has 0 heterocycles. The van der Waals surface area contributed by atoms with Crippen molar-refractivity contribution >= 4 is 11.1 Å². The first-order valence-corrected chi connectivity index (χ1v) is 13.6. The van der Waals surface area contributed by atoms with Gasteiger partial charge in [-0.1, -0.05) is 98.1 Å². The van der Waals surface area contributed by atoms with Gasteiger partial charge in [0.2, 0.25) is 0 Å². The lowest BCUT2D eigenvalue weighted by atomic mass is 9.87. The Balaban J connectivity index is 1.97. The number of rotatable bonds is 18. The molecule has 3 rings (SSSR count). The van der Waals surface area contributed by atoms with Gasteiger partial charge in [0.1, 0.15) is 0 Å². The highest BCUT2D eigenvalue weighted by Crippen LogP contribution is 2.34. The van der Waals surface area contributed by atoms with Crippen LogP contribution in [0.4, 0.5) is 0 Å². The van der Waals surface area contributed by atoms with Crippen molar-refractivity contribution in [2.75, 3.05) is 41.5 Å². The molecule has 0 fully saturated rings. The molecule has 0 bridgehead atoms. The highest BCUT2D eigenvalue weighted by molar-refractivity contribution is 5.65. The smallest absolute Gasteiger partial charge is 0.169 e. The Labute approximate surface area is 240 Å². The monoisotopic (exact) mass is 544 g/mol. The molecule has 40 heavy (non-hydrogen) atoms. The van der Waals surface area contributed by atoms with E-state index < -0.39 is 0 Å². The predicted octanol–water partition coefficient (Wildman–Crippen LogP) is 6.39. The molecule has 2 atom stereocenters. The van der Waals surface area contributed by atoms with Crippen molar-refractivity contribution in [2.24, 2.45) is 0 Å². The van der Waals surface area contributed by atoms with Crippen LogP contribution in [-0.4, -0.2) is 54.1 Å². The summed E-state index contributed by atoms with van der Waals surface area (Å²) in [6.45, 7) is 9.93. The number of ether oxygens (including phenoxy) is 4. The minimum atomic E-state index is -0.365. The van der Waals surface area contributed by atoms with Gasteiger partial charge in [0.25, 0.3) is 0 Å². The topological polar surface area (TPSA) is 61.0 Å². The normalized spacial score (nSPS) is 12.9. The third kappa shape index (κ3) is 9.24. The molecule has 3 aromatic rings. The fourth-order valence-electron chi connectivity index (χ4n) is 4.81. The maximum atomic E-state index is 5.49. The number of methoxy groups -OCH3 is 4. The first kappa shape index (κ1) is 31.4. The van der Waals surface area contributed by atoms with Crippen molar-refractivity contribution in [2.45, 2.75) is 37.5 Å². The molecule has 6 nitrogen and oxygen atoms in total. The van der Waals surface area contributed by atoms with Gasteiger partial charge in [0.15, 0.2) is 12.6 Å². The molecule has 0 spiro atoms. The second-order valence-electron chi connectivity index (χ2n) is 9.70. The molecule has 0 saturated heterocycles. The van der Waals surface area contributed by atoms with Gasteiger partial charge >= 0.3 is 0 Å². The summed E-state index contributed by atoms with van der Waals surface area (Å²) in [5, 5.41) is 7.39. The first-order valence-electron chi connectivity index (χ1n) is 13.6. The lowest BCUT2D eigenvalue weighted by Gasteiger charge is -2.29. The van der Waals surface area contributed by atoms with Crippen LogP contribution in [0.2, 0.25) is 0 Å². The summed E-state index contributed by atoms with van der Waals surface area (Å²) < 4.78 is 21.9. The molecule has 0 amide bonds. The molecule has 0 radical (unpaired) electrons. The lowest BCUT2D eigenvalue weighted by Crippen LogP contribution is -2.35. The second kappa shape index (κ2) is 16.9. The Hall–Kier alpha value is -3.10. The van der Waals surface area contributed by atoms with Crippen molar-refractivity contribution in [3.63, 3.8) is 0 Å². The summed E-state index contributed by atoms with van der Waals surface area (Å²) in [4.78, 5) is 0. The van der Waals surface area contributed by atoms with Crippen LogP contribution >= 0.6 is 0 Å². The molecule has 0 aromatic heterocycles. The van der Waals surface area contributed by atoms with Crippen LogP contribution in [0.15, 0.2) is 98.1 Å². The van der Waals surface area contributed by atoms with Crippen LogP contribution in [0.3, 0.4) is 0 Å². The summed E-state index contributed by atoms with van der Waals surface area (Å²) in [5.41, 5.74) is 6.70. The van der Waals surface area contributed by atoms with E-state index in [9.17, 15) is 0 Å². The number of hydrogen-bond acceptors (Lipinski definition) is 6. The van der Waals surface area contributed by atoms with Gasteiger partial charge in [-0.3, -0.25) is 0 Å². The van der Waals surface area contributed by atoms with E-state index in [0.29, 0.717) is 25.9 Å². The number of nitrogens with one attached hydrogen (secondary N) is 2. The molecular formula is C34H44N2O4. The fourth-order valence-corrected chi connectivity index (χ4v) is 4.81. The largest absolute Gasteiger partial charge is 0.355 e. The Morgan fingerprint density at radius 2 is 0.875 bits per heavy atom. The minimum absolute atomic E-state index is 0.0355. The van der Waals surface area contributed by atoms with Crippen LogP contribution in [0.1, 0.15) is 47.2 Å². The SMILES string of the molecule is C=C(CC(NCC(OC)OC)c1ccccc1C(CC(=C)c1ccccc1)NCC(OC)OC)c1ccccc1. The van der Waals surface area contributed by atoms with E-state index in [1.165, 1.54) is 11.1 Å². The first-order chi connectivity index (χ1) is 19.5. The Kier molecular flexibility index (Phi) is 13.3. The third-order valence-electron chi connectivity index (χ3n) is 7.13. The molecular weight excluding hydrogens is 500 g/mol. The van der Waals surface area contributed by atoms with Gasteiger partial charge in [0, 0.05) is 53.6 Å². The predicted molar refractivity (Wildman–Crippen MR) is 164 cm³/mol. The molecule has 6 heteroatoms. The molecule has 214 valence electrons. The molecule has 2 unspecified atom stereocenters. The Bertz CT molecular complexity index is 1070. The number of benzene rings is 3. The van der Waals surface area contributed by atoms with Gasteiger partial charge in [-0.2, -0.15) is 0 Å². The average molecular weight is 545 g/mol. The number of hydrogen-bond donors (Lipinski definition) is 2. The maximum Gasteiger partial charge on any atom is 0.169 e. The van der Waals surface area contributed by atoms with Crippen molar-refractivity contribution < 1.29 is 18.9 Å². The van der Waals surface area contributed by atoms with Crippen molar-refractivity contribution in [3.05, 3.63) is 120 Å². The second-order valence-corrected chi connectivity index (χ2v) is 9.70. The lowest BCUT2D eigenvalue weighted by molar-refractivity contribution is -0.100. The zero-order valence-corrected chi connectivity index (χ0v) is 24.3. The van der Waals surface area contributed by atoms with Crippen LogP contribution in [0.5, 0.6) is 0 Å². The van der Waals surface area contributed by atoms with E-state index in [-0.39, 0.29) is 24.7 Å².